The SMILES string of the molecule is Cc1ccc(S(=O)(=O)N2c3ccccc3C(=O)C[C@H]2C(C)C)cc1. The summed E-state index contributed by atoms with van der Waals surface area (Å²) in [4.78, 5) is 12.7. The van der Waals surface area contributed by atoms with Crippen molar-refractivity contribution in [2.24, 2.45) is 5.92 Å². The third kappa shape index (κ3) is 2.73. The number of carbonyl (C=O) groups excluding carboxylic acids is 1. The van der Waals surface area contributed by atoms with Gasteiger partial charge in [-0.15, -0.1) is 0 Å². The van der Waals surface area contributed by atoms with Crippen LogP contribution in [0.3, 0.4) is 0 Å². The number of aryl methyl sites for hydroxylation is 1. The predicted molar refractivity (Wildman–Crippen MR) is 94.9 cm³/mol. The van der Waals surface area contributed by atoms with Crippen LogP contribution in [0.2, 0.25) is 0 Å². The van der Waals surface area contributed by atoms with E-state index in [1.54, 1.807) is 48.5 Å². The summed E-state index contributed by atoms with van der Waals surface area (Å²) in [5.41, 5.74) is 1.96. The molecule has 0 saturated carbocycles. The van der Waals surface area contributed by atoms with Gasteiger partial charge in [0.25, 0.3) is 10.0 Å². The van der Waals surface area contributed by atoms with Gasteiger partial charge < -0.3 is 0 Å². The van der Waals surface area contributed by atoms with Gasteiger partial charge in [-0.25, -0.2) is 8.42 Å². The van der Waals surface area contributed by atoms with Crippen LogP contribution in [0.4, 0.5) is 5.69 Å². The van der Waals surface area contributed by atoms with E-state index in [0.717, 1.165) is 5.56 Å². The Labute approximate surface area is 143 Å². The summed E-state index contributed by atoms with van der Waals surface area (Å²) < 4.78 is 28.0. The van der Waals surface area contributed by atoms with Crippen molar-refractivity contribution in [2.75, 3.05) is 4.31 Å². The van der Waals surface area contributed by atoms with Crippen LogP contribution in [0.15, 0.2) is 53.4 Å². The van der Waals surface area contributed by atoms with Crippen molar-refractivity contribution < 1.29 is 13.2 Å². The molecule has 0 N–H and O–H groups in total. The number of hydrogen-bond donors (Lipinski definition) is 0. The summed E-state index contributed by atoms with van der Waals surface area (Å²) in [5, 5.41) is 0. The van der Waals surface area contributed by atoms with Gasteiger partial charge in [-0.2, -0.15) is 0 Å². The second-order valence-electron chi connectivity index (χ2n) is 6.57. The van der Waals surface area contributed by atoms with Crippen LogP contribution in [0.5, 0.6) is 0 Å². The number of nitrogens with zero attached hydrogens (tertiary/aromatic N) is 1. The molecule has 5 heteroatoms. The van der Waals surface area contributed by atoms with Crippen molar-refractivity contribution in [1.82, 2.24) is 0 Å². The molecule has 126 valence electrons. The van der Waals surface area contributed by atoms with Crippen molar-refractivity contribution >= 4 is 21.5 Å². The van der Waals surface area contributed by atoms with Crippen molar-refractivity contribution in [2.45, 2.75) is 38.1 Å². The van der Waals surface area contributed by atoms with E-state index in [4.69, 9.17) is 0 Å². The maximum absolute atomic E-state index is 13.3. The van der Waals surface area contributed by atoms with Crippen molar-refractivity contribution in [1.29, 1.82) is 0 Å². The van der Waals surface area contributed by atoms with Gasteiger partial charge in [0.1, 0.15) is 0 Å². The number of Topliss-reactive ketones (excluding diaryl/α,β-unsaturated/α-hetero) is 1. The Bertz CT molecular complexity index is 870. The second kappa shape index (κ2) is 6.06. The van der Waals surface area contributed by atoms with Gasteiger partial charge >= 0.3 is 0 Å². The molecule has 1 aliphatic heterocycles. The summed E-state index contributed by atoms with van der Waals surface area (Å²) in [6.45, 7) is 5.81. The first-order valence-corrected chi connectivity index (χ1v) is 9.49. The van der Waals surface area contributed by atoms with Crippen LogP contribution in [-0.2, 0) is 10.0 Å². The minimum atomic E-state index is -3.73. The van der Waals surface area contributed by atoms with Gasteiger partial charge in [0.05, 0.1) is 16.6 Å². The lowest BCUT2D eigenvalue weighted by Crippen LogP contribution is -2.48. The molecule has 3 rings (SSSR count). The van der Waals surface area contributed by atoms with Crippen LogP contribution < -0.4 is 4.31 Å². The summed E-state index contributed by atoms with van der Waals surface area (Å²) in [7, 11) is -3.73. The standard InChI is InChI=1S/C19H21NO3S/c1-13(2)18-12-19(21)16-6-4-5-7-17(16)20(18)24(22,23)15-10-8-14(3)9-11-15/h4-11,13,18H,12H2,1-3H3/t18-/m0/s1. The molecular formula is C19H21NO3S. The molecule has 0 fully saturated rings. The average Bonchev–Trinajstić information content (AvgIpc) is 2.55. The quantitative estimate of drug-likeness (QED) is 0.852. The highest BCUT2D eigenvalue weighted by Crippen LogP contribution is 2.37. The van der Waals surface area contributed by atoms with Gasteiger partial charge in [-0.1, -0.05) is 43.7 Å². The van der Waals surface area contributed by atoms with E-state index in [2.05, 4.69) is 0 Å². The fourth-order valence-corrected chi connectivity index (χ4v) is 4.90. The van der Waals surface area contributed by atoms with E-state index in [1.807, 2.05) is 20.8 Å². The Hall–Kier alpha value is -2.14. The molecule has 0 bridgehead atoms. The summed E-state index contributed by atoms with van der Waals surface area (Å²) >= 11 is 0. The summed E-state index contributed by atoms with van der Waals surface area (Å²) in [6.07, 6.45) is 0.208. The summed E-state index contributed by atoms with van der Waals surface area (Å²) in [6, 6.07) is 13.4. The van der Waals surface area contributed by atoms with Crippen molar-refractivity contribution in [3.8, 4) is 0 Å². The highest BCUT2D eigenvalue weighted by atomic mass is 32.2. The van der Waals surface area contributed by atoms with Crippen LogP contribution in [0.1, 0.15) is 36.2 Å². The van der Waals surface area contributed by atoms with E-state index < -0.39 is 10.0 Å². The minimum absolute atomic E-state index is 0.000318. The monoisotopic (exact) mass is 343 g/mol. The van der Waals surface area contributed by atoms with Crippen LogP contribution in [0.25, 0.3) is 0 Å². The molecular weight excluding hydrogens is 322 g/mol. The molecule has 0 amide bonds. The average molecular weight is 343 g/mol. The Morgan fingerprint density at radius 2 is 1.67 bits per heavy atom. The highest BCUT2D eigenvalue weighted by Gasteiger charge is 2.40. The zero-order chi connectivity index (χ0) is 17.5. The number of hydrogen-bond acceptors (Lipinski definition) is 3. The zero-order valence-corrected chi connectivity index (χ0v) is 14.9. The molecule has 4 nitrogen and oxygen atoms in total. The molecule has 0 saturated heterocycles. The largest absolute Gasteiger partial charge is 0.294 e. The lowest BCUT2D eigenvalue weighted by molar-refractivity contribution is 0.0962. The topological polar surface area (TPSA) is 54.5 Å². The number of para-hydroxylation sites is 1. The Kier molecular flexibility index (Phi) is 4.22. The first-order valence-electron chi connectivity index (χ1n) is 8.05. The van der Waals surface area contributed by atoms with Crippen molar-refractivity contribution in [3.63, 3.8) is 0 Å². The first kappa shape index (κ1) is 16.7. The smallest absolute Gasteiger partial charge is 0.264 e. The van der Waals surface area contributed by atoms with Crippen molar-refractivity contribution in [3.05, 3.63) is 59.7 Å². The maximum Gasteiger partial charge on any atom is 0.264 e. The lowest BCUT2D eigenvalue weighted by Gasteiger charge is -2.39. The number of ketones is 1. The van der Waals surface area contributed by atoms with E-state index in [9.17, 15) is 13.2 Å². The molecule has 0 aliphatic carbocycles. The molecule has 0 radical (unpaired) electrons. The fourth-order valence-electron chi connectivity index (χ4n) is 3.10. The van der Waals surface area contributed by atoms with E-state index in [0.29, 0.717) is 11.3 Å². The van der Waals surface area contributed by atoms with Crippen LogP contribution in [-0.4, -0.2) is 20.2 Å². The molecule has 0 unspecified atom stereocenters. The van der Waals surface area contributed by atoms with Crippen LogP contribution in [0, 0.1) is 12.8 Å². The number of rotatable bonds is 3. The number of anilines is 1. The third-order valence-corrected chi connectivity index (χ3v) is 6.34. The zero-order valence-electron chi connectivity index (χ0n) is 14.1. The number of carbonyl (C=O) groups is 1. The van der Waals surface area contributed by atoms with Crippen LogP contribution >= 0.6 is 0 Å². The minimum Gasteiger partial charge on any atom is -0.294 e. The van der Waals surface area contributed by atoms with Gasteiger partial charge in [-0.05, 0) is 37.1 Å². The second-order valence-corrected chi connectivity index (χ2v) is 8.38. The molecule has 1 heterocycles. The molecule has 1 atom stereocenters. The van der Waals surface area contributed by atoms with E-state index >= 15 is 0 Å². The molecule has 2 aromatic carbocycles. The Balaban J connectivity index is 2.20. The maximum atomic E-state index is 13.3. The van der Waals surface area contributed by atoms with Gasteiger partial charge in [0, 0.05) is 12.0 Å². The van der Waals surface area contributed by atoms with Gasteiger partial charge in [0.15, 0.2) is 5.78 Å². The number of fused-ring (bicyclic) bond motifs is 1. The van der Waals surface area contributed by atoms with Gasteiger partial charge in [0.2, 0.25) is 0 Å². The highest BCUT2D eigenvalue weighted by molar-refractivity contribution is 7.92. The molecule has 24 heavy (non-hydrogen) atoms. The Morgan fingerprint density at radius 1 is 1.04 bits per heavy atom. The molecule has 0 spiro atoms. The third-order valence-electron chi connectivity index (χ3n) is 4.48. The molecule has 0 aromatic heterocycles. The predicted octanol–water partition coefficient (Wildman–Crippen LogP) is 3.80. The lowest BCUT2D eigenvalue weighted by atomic mass is 9.90. The normalized spacial score (nSPS) is 17.9. The molecule has 1 aliphatic rings. The first-order chi connectivity index (χ1) is 11.3. The van der Waals surface area contributed by atoms with Gasteiger partial charge in [-0.3, -0.25) is 9.10 Å². The Morgan fingerprint density at radius 3 is 2.29 bits per heavy atom. The summed E-state index contributed by atoms with van der Waals surface area (Å²) in [5.74, 6) is 0.0298. The fraction of sp³-hybridized carbons (Fsp3) is 0.316. The molecule has 2 aromatic rings. The van der Waals surface area contributed by atoms with E-state index in [-0.39, 0.29) is 29.1 Å². The number of sulfonamides is 1. The van der Waals surface area contributed by atoms with E-state index in [1.165, 1.54) is 4.31 Å². The number of benzene rings is 2.